The molecule has 0 heterocycles. The summed E-state index contributed by atoms with van der Waals surface area (Å²) in [6.45, 7) is 0.252. The number of hydrogen-bond acceptors (Lipinski definition) is 4. The smallest absolute Gasteiger partial charge is 0.387 e. The third-order valence-electron chi connectivity index (χ3n) is 3.37. The molecule has 0 amide bonds. The van der Waals surface area contributed by atoms with Gasteiger partial charge in [-0.2, -0.15) is 8.78 Å². The van der Waals surface area contributed by atoms with Crippen LogP contribution >= 0.6 is 0 Å². The molecule has 6 heteroatoms. The zero-order chi connectivity index (χ0) is 17.4. The number of halogens is 2. The second kappa shape index (κ2) is 9.08. The summed E-state index contributed by atoms with van der Waals surface area (Å²) in [5.74, 6) is 1.19. The number of para-hydroxylation sites is 1. The topological polar surface area (TPSA) is 39.7 Å². The molecule has 0 aromatic heterocycles. The van der Waals surface area contributed by atoms with Gasteiger partial charge in [0.05, 0.1) is 13.7 Å². The Morgan fingerprint density at radius 1 is 1.04 bits per heavy atom. The van der Waals surface area contributed by atoms with Gasteiger partial charge in [-0.05, 0) is 30.7 Å². The van der Waals surface area contributed by atoms with E-state index in [1.165, 1.54) is 0 Å². The van der Waals surface area contributed by atoms with Crippen LogP contribution < -0.4 is 19.5 Å². The van der Waals surface area contributed by atoms with Crippen molar-refractivity contribution in [2.24, 2.45) is 0 Å². The molecule has 0 unspecified atom stereocenters. The number of benzene rings is 2. The van der Waals surface area contributed by atoms with Crippen molar-refractivity contribution in [1.29, 1.82) is 0 Å². The highest BCUT2D eigenvalue weighted by atomic mass is 19.3. The van der Waals surface area contributed by atoms with Crippen LogP contribution in [0.1, 0.15) is 18.1 Å². The molecule has 0 aliphatic heterocycles. The van der Waals surface area contributed by atoms with E-state index in [1.54, 1.807) is 32.2 Å². The Morgan fingerprint density at radius 2 is 1.79 bits per heavy atom. The summed E-state index contributed by atoms with van der Waals surface area (Å²) in [7, 11) is 1.61. The molecular formula is C18H21F2NO3. The predicted molar refractivity (Wildman–Crippen MR) is 87.8 cm³/mol. The first kappa shape index (κ1) is 18.0. The van der Waals surface area contributed by atoms with E-state index in [2.05, 4.69) is 10.1 Å². The lowest BCUT2D eigenvalue weighted by Gasteiger charge is -2.15. The van der Waals surface area contributed by atoms with Crippen LogP contribution in [0, 0.1) is 0 Å². The molecule has 0 radical (unpaired) electrons. The van der Waals surface area contributed by atoms with E-state index in [-0.39, 0.29) is 5.75 Å². The molecule has 0 aliphatic carbocycles. The molecule has 2 rings (SSSR count). The van der Waals surface area contributed by atoms with E-state index < -0.39 is 6.61 Å². The van der Waals surface area contributed by atoms with Gasteiger partial charge in [-0.15, -0.1) is 0 Å². The van der Waals surface area contributed by atoms with Crippen molar-refractivity contribution in [2.45, 2.75) is 26.6 Å². The van der Waals surface area contributed by atoms with Crippen LogP contribution in [0.2, 0.25) is 0 Å². The van der Waals surface area contributed by atoms with Crippen LogP contribution in [-0.2, 0) is 13.1 Å². The zero-order valence-electron chi connectivity index (χ0n) is 13.7. The average Bonchev–Trinajstić information content (AvgIpc) is 2.58. The van der Waals surface area contributed by atoms with E-state index in [9.17, 15) is 8.78 Å². The summed E-state index contributed by atoms with van der Waals surface area (Å²) < 4.78 is 40.5. The minimum atomic E-state index is -2.90. The number of nitrogens with one attached hydrogen (secondary N) is 1. The normalized spacial score (nSPS) is 10.7. The Hall–Kier alpha value is -2.34. The summed E-state index contributed by atoms with van der Waals surface area (Å²) in [6, 6.07) is 12.7. The standard InChI is InChI=1S/C18H21F2NO3/c1-3-23-16-6-4-5-14(17(16)24-18(19)20)12-21-11-13-7-9-15(22-2)10-8-13/h4-10,18,21H,3,11-12H2,1-2H3. The highest BCUT2D eigenvalue weighted by molar-refractivity contribution is 5.46. The minimum absolute atomic E-state index is 0.0802. The number of hydrogen-bond donors (Lipinski definition) is 1. The summed E-state index contributed by atoms with van der Waals surface area (Å²) in [5.41, 5.74) is 1.68. The Kier molecular flexibility index (Phi) is 6.81. The van der Waals surface area contributed by atoms with Crippen molar-refractivity contribution in [3.05, 3.63) is 53.6 Å². The molecule has 0 saturated heterocycles. The van der Waals surface area contributed by atoms with Crippen LogP contribution in [0.3, 0.4) is 0 Å². The van der Waals surface area contributed by atoms with Gasteiger partial charge in [0, 0.05) is 18.7 Å². The van der Waals surface area contributed by atoms with E-state index >= 15 is 0 Å². The van der Waals surface area contributed by atoms with Gasteiger partial charge in [0.15, 0.2) is 11.5 Å². The first-order valence-corrected chi connectivity index (χ1v) is 7.67. The number of alkyl halides is 2. The maximum Gasteiger partial charge on any atom is 0.387 e. The molecule has 0 spiro atoms. The first-order chi connectivity index (χ1) is 11.6. The van der Waals surface area contributed by atoms with Crippen LogP contribution in [0.15, 0.2) is 42.5 Å². The fourth-order valence-corrected chi connectivity index (χ4v) is 2.28. The SMILES string of the molecule is CCOc1cccc(CNCc2ccc(OC)cc2)c1OC(F)F. The van der Waals surface area contributed by atoms with Gasteiger partial charge >= 0.3 is 6.61 Å². The Bertz CT molecular complexity index is 633. The molecule has 2 aromatic carbocycles. The largest absolute Gasteiger partial charge is 0.497 e. The molecule has 2 aromatic rings. The van der Waals surface area contributed by atoms with E-state index in [0.717, 1.165) is 11.3 Å². The lowest BCUT2D eigenvalue weighted by atomic mass is 10.1. The van der Waals surface area contributed by atoms with Crippen LogP contribution in [-0.4, -0.2) is 20.3 Å². The second-order valence-corrected chi connectivity index (χ2v) is 5.01. The van der Waals surface area contributed by atoms with E-state index in [0.29, 0.717) is 31.0 Å². The fourth-order valence-electron chi connectivity index (χ4n) is 2.28. The summed E-state index contributed by atoms with van der Waals surface area (Å²) in [5, 5.41) is 3.22. The number of rotatable bonds is 9. The zero-order valence-corrected chi connectivity index (χ0v) is 13.7. The van der Waals surface area contributed by atoms with Crippen molar-refractivity contribution in [1.82, 2.24) is 5.32 Å². The molecule has 130 valence electrons. The van der Waals surface area contributed by atoms with Gasteiger partial charge in [0.25, 0.3) is 0 Å². The highest BCUT2D eigenvalue weighted by Crippen LogP contribution is 2.32. The minimum Gasteiger partial charge on any atom is -0.497 e. The van der Waals surface area contributed by atoms with Crippen molar-refractivity contribution < 1.29 is 23.0 Å². The maximum absolute atomic E-state index is 12.7. The summed E-state index contributed by atoms with van der Waals surface area (Å²) in [6.07, 6.45) is 0. The summed E-state index contributed by atoms with van der Waals surface area (Å²) >= 11 is 0. The molecule has 0 aliphatic rings. The number of ether oxygens (including phenoxy) is 3. The van der Waals surface area contributed by atoms with Crippen LogP contribution in [0.4, 0.5) is 8.78 Å². The van der Waals surface area contributed by atoms with Crippen molar-refractivity contribution in [3.63, 3.8) is 0 Å². The highest BCUT2D eigenvalue weighted by Gasteiger charge is 2.15. The molecule has 0 atom stereocenters. The predicted octanol–water partition coefficient (Wildman–Crippen LogP) is 3.99. The van der Waals surface area contributed by atoms with E-state index in [4.69, 9.17) is 9.47 Å². The quantitative estimate of drug-likeness (QED) is 0.751. The summed E-state index contributed by atoms with van der Waals surface area (Å²) in [4.78, 5) is 0. The first-order valence-electron chi connectivity index (χ1n) is 7.67. The molecule has 24 heavy (non-hydrogen) atoms. The average molecular weight is 337 g/mol. The number of methoxy groups -OCH3 is 1. The van der Waals surface area contributed by atoms with Crippen LogP contribution in [0.25, 0.3) is 0 Å². The van der Waals surface area contributed by atoms with Crippen molar-refractivity contribution in [3.8, 4) is 17.2 Å². The molecule has 4 nitrogen and oxygen atoms in total. The third-order valence-corrected chi connectivity index (χ3v) is 3.37. The van der Waals surface area contributed by atoms with Crippen molar-refractivity contribution in [2.75, 3.05) is 13.7 Å². The third kappa shape index (κ3) is 5.09. The lowest BCUT2D eigenvalue weighted by molar-refractivity contribution is -0.0521. The Balaban J connectivity index is 2.03. The molecule has 0 bridgehead atoms. The monoisotopic (exact) mass is 337 g/mol. The van der Waals surface area contributed by atoms with Crippen molar-refractivity contribution >= 4 is 0 Å². The Labute approximate surface area is 140 Å². The van der Waals surface area contributed by atoms with Gasteiger partial charge in [-0.25, -0.2) is 0 Å². The van der Waals surface area contributed by atoms with E-state index in [1.807, 2.05) is 24.3 Å². The maximum atomic E-state index is 12.7. The van der Waals surface area contributed by atoms with Crippen LogP contribution in [0.5, 0.6) is 17.2 Å². The lowest BCUT2D eigenvalue weighted by Crippen LogP contribution is -2.15. The molecule has 0 fully saturated rings. The molecular weight excluding hydrogens is 316 g/mol. The fraction of sp³-hybridized carbons (Fsp3) is 0.333. The Morgan fingerprint density at radius 3 is 2.42 bits per heavy atom. The van der Waals surface area contributed by atoms with Gasteiger partial charge in [-0.3, -0.25) is 0 Å². The van der Waals surface area contributed by atoms with Gasteiger partial charge < -0.3 is 19.5 Å². The second-order valence-electron chi connectivity index (χ2n) is 5.01. The molecule has 0 saturated carbocycles. The van der Waals surface area contributed by atoms with Gasteiger partial charge in [-0.1, -0.05) is 24.3 Å². The van der Waals surface area contributed by atoms with Gasteiger partial charge in [0.1, 0.15) is 5.75 Å². The van der Waals surface area contributed by atoms with Gasteiger partial charge in [0.2, 0.25) is 0 Å². The molecule has 1 N–H and O–H groups in total.